The average molecular weight is 324 g/mol. The minimum atomic E-state index is -4.50. The Hall–Kier alpha value is -2.84. The zero-order valence-corrected chi connectivity index (χ0v) is 12.0. The number of halogens is 3. The van der Waals surface area contributed by atoms with Crippen molar-refractivity contribution in [2.75, 3.05) is 23.7 Å². The molecule has 9 heteroatoms. The summed E-state index contributed by atoms with van der Waals surface area (Å²) in [7, 11) is 0. The molecule has 2 aromatic rings. The second-order valence-corrected chi connectivity index (χ2v) is 4.45. The lowest BCUT2D eigenvalue weighted by atomic mass is 10.3. The fraction of sp³-hybridized carbons (Fsp3) is 0.214. The Morgan fingerprint density at radius 2 is 1.91 bits per heavy atom. The van der Waals surface area contributed by atoms with Crippen LogP contribution in [0.2, 0.25) is 0 Å². The number of guanidine groups is 1. The highest BCUT2D eigenvalue weighted by Gasteiger charge is 2.32. The molecule has 0 aliphatic rings. The van der Waals surface area contributed by atoms with E-state index in [4.69, 9.17) is 5.73 Å². The van der Waals surface area contributed by atoms with Crippen LogP contribution in [0.1, 0.15) is 5.69 Å². The summed E-state index contributed by atoms with van der Waals surface area (Å²) in [6.45, 7) is 0.504. The summed E-state index contributed by atoms with van der Waals surface area (Å²) in [6.07, 6.45) is -3.45. The van der Waals surface area contributed by atoms with Gasteiger partial charge in [0.25, 0.3) is 0 Å². The van der Waals surface area contributed by atoms with Crippen molar-refractivity contribution in [1.29, 1.82) is 0 Å². The number of nitrogens with two attached hydrogens (primary N) is 1. The fourth-order valence-electron chi connectivity index (χ4n) is 1.65. The largest absolute Gasteiger partial charge is 0.433 e. The van der Waals surface area contributed by atoms with Crippen molar-refractivity contribution in [3.8, 4) is 0 Å². The fourth-order valence-corrected chi connectivity index (χ4v) is 1.65. The normalized spacial score (nSPS) is 12.0. The van der Waals surface area contributed by atoms with E-state index in [1.807, 2.05) is 30.3 Å². The maximum atomic E-state index is 12.5. The summed E-state index contributed by atoms with van der Waals surface area (Å²) in [6, 6.07) is 10.0. The Morgan fingerprint density at radius 1 is 1.17 bits per heavy atom. The van der Waals surface area contributed by atoms with Gasteiger partial charge in [-0.15, -0.1) is 0 Å². The van der Waals surface area contributed by atoms with Crippen LogP contribution in [0.5, 0.6) is 0 Å². The maximum absolute atomic E-state index is 12.5. The van der Waals surface area contributed by atoms with Gasteiger partial charge in [-0.2, -0.15) is 13.2 Å². The summed E-state index contributed by atoms with van der Waals surface area (Å²) < 4.78 is 37.5. The molecule has 1 heterocycles. The van der Waals surface area contributed by atoms with Crippen LogP contribution >= 0.6 is 0 Å². The molecule has 1 aromatic heterocycles. The number of aliphatic imine (C=N–C) groups is 1. The van der Waals surface area contributed by atoms with Crippen LogP contribution in [0, 0.1) is 0 Å². The Labute approximate surface area is 130 Å². The van der Waals surface area contributed by atoms with Gasteiger partial charge in [0.05, 0.1) is 6.54 Å². The van der Waals surface area contributed by atoms with Gasteiger partial charge in [0, 0.05) is 18.4 Å². The number of rotatable bonds is 5. The molecule has 0 radical (unpaired) electrons. The average Bonchev–Trinajstić information content (AvgIpc) is 2.52. The number of nitrogens with zero attached hydrogens (tertiary/aromatic N) is 3. The molecule has 0 spiro atoms. The van der Waals surface area contributed by atoms with Gasteiger partial charge in [-0.1, -0.05) is 18.2 Å². The Morgan fingerprint density at radius 3 is 2.61 bits per heavy atom. The third-order valence-corrected chi connectivity index (χ3v) is 2.67. The summed E-state index contributed by atoms with van der Waals surface area (Å²) in [4.78, 5) is 11.2. The number of nitrogens with one attached hydrogen (secondary N) is 2. The van der Waals surface area contributed by atoms with E-state index in [9.17, 15) is 13.2 Å². The predicted molar refractivity (Wildman–Crippen MR) is 82.1 cm³/mol. The van der Waals surface area contributed by atoms with Crippen LogP contribution in [0.4, 0.5) is 24.8 Å². The second kappa shape index (κ2) is 7.43. The van der Waals surface area contributed by atoms with E-state index < -0.39 is 11.9 Å². The minimum absolute atomic E-state index is 0.107. The molecule has 0 saturated heterocycles. The van der Waals surface area contributed by atoms with Crippen molar-refractivity contribution in [2.24, 2.45) is 10.7 Å². The topological polar surface area (TPSA) is 88.2 Å². The Bertz CT molecular complexity index is 657. The van der Waals surface area contributed by atoms with Crippen molar-refractivity contribution >= 4 is 17.6 Å². The van der Waals surface area contributed by atoms with Gasteiger partial charge in [0.2, 0.25) is 5.95 Å². The van der Waals surface area contributed by atoms with Crippen LogP contribution in [0.3, 0.4) is 0 Å². The highest BCUT2D eigenvalue weighted by Crippen LogP contribution is 2.27. The van der Waals surface area contributed by atoms with E-state index in [0.717, 1.165) is 18.0 Å². The third-order valence-electron chi connectivity index (χ3n) is 2.67. The van der Waals surface area contributed by atoms with Crippen molar-refractivity contribution in [3.63, 3.8) is 0 Å². The summed E-state index contributed by atoms with van der Waals surface area (Å²) in [5.41, 5.74) is 5.50. The first kappa shape index (κ1) is 16.5. The van der Waals surface area contributed by atoms with Crippen molar-refractivity contribution in [2.45, 2.75) is 6.18 Å². The van der Waals surface area contributed by atoms with E-state index in [0.29, 0.717) is 0 Å². The lowest BCUT2D eigenvalue weighted by molar-refractivity contribution is -0.141. The molecule has 0 unspecified atom stereocenters. The van der Waals surface area contributed by atoms with Crippen LogP contribution in [0.15, 0.2) is 47.6 Å². The molecule has 0 aliphatic heterocycles. The van der Waals surface area contributed by atoms with Gasteiger partial charge < -0.3 is 16.4 Å². The molecule has 1 aromatic carbocycles. The van der Waals surface area contributed by atoms with Crippen LogP contribution in [-0.4, -0.2) is 29.0 Å². The quantitative estimate of drug-likeness (QED) is 0.446. The number of hydrogen-bond acceptors (Lipinski definition) is 4. The van der Waals surface area contributed by atoms with E-state index >= 15 is 0 Å². The first-order chi connectivity index (χ1) is 10.9. The second-order valence-electron chi connectivity index (χ2n) is 4.45. The number of para-hydroxylation sites is 1. The smallest absolute Gasteiger partial charge is 0.370 e. The number of benzene rings is 1. The molecule has 0 atom stereocenters. The molecule has 122 valence electrons. The summed E-state index contributed by atoms with van der Waals surface area (Å²) in [5, 5.41) is 5.55. The van der Waals surface area contributed by atoms with E-state index in [2.05, 4.69) is 25.6 Å². The van der Waals surface area contributed by atoms with E-state index in [-0.39, 0.29) is 25.0 Å². The van der Waals surface area contributed by atoms with Crippen LogP contribution in [-0.2, 0) is 6.18 Å². The van der Waals surface area contributed by atoms with Crippen LogP contribution in [0.25, 0.3) is 0 Å². The Kier molecular flexibility index (Phi) is 5.34. The molecule has 2 rings (SSSR count). The summed E-state index contributed by atoms with van der Waals surface area (Å²) >= 11 is 0. The maximum Gasteiger partial charge on any atom is 0.433 e. The standard InChI is InChI=1S/C14H15F3N6/c15-14(16,17)11-6-7-20-13(23-11)21-9-8-19-12(18)22-10-4-2-1-3-5-10/h1-7H,8-9H2,(H3,18,19,22)(H,20,21,23). The van der Waals surface area contributed by atoms with Crippen molar-refractivity contribution in [1.82, 2.24) is 9.97 Å². The lowest BCUT2D eigenvalue weighted by Gasteiger charge is -2.08. The number of aromatic nitrogens is 2. The molecule has 0 amide bonds. The molecule has 0 aliphatic carbocycles. The molecule has 23 heavy (non-hydrogen) atoms. The molecular formula is C14H15F3N6. The van der Waals surface area contributed by atoms with Gasteiger partial charge >= 0.3 is 6.18 Å². The summed E-state index contributed by atoms with van der Waals surface area (Å²) in [5.74, 6) is 0.104. The molecule has 4 N–H and O–H groups in total. The molecule has 0 fully saturated rings. The molecule has 6 nitrogen and oxygen atoms in total. The molecule has 0 saturated carbocycles. The van der Waals surface area contributed by atoms with E-state index in [1.54, 1.807) is 0 Å². The lowest BCUT2D eigenvalue weighted by Crippen LogP contribution is -2.23. The van der Waals surface area contributed by atoms with Crippen molar-refractivity contribution in [3.05, 3.63) is 48.3 Å². The third kappa shape index (κ3) is 5.46. The monoisotopic (exact) mass is 324 g/mol. The van der Waals surface area contributed by atoms with Gasteiger partial charge in [-0.25, -0.2) is 9.97 Å². The number of hydrogen-bond donors (Lipinski definition) is 3. The first-order valence-electron chi connectivity index (χ1n) is 6.71. The zero-order valence-electron chi connectivity index (χ0n) is 12.0. The minimum Gasteiger partial charge on any atom is -0.370 e. The van der Waals surface area contributed by atoms with Gasteiger partial charge in [0.15, 0.2) is 5.96 Å². The number of alkyl halides is 3. The molecule has 0 bridgehead atoms. The van der Waals surface area contributed by atoms with Gasteiger partial charge in [-0.3, -0.25) is 4.99 Å². The van der Waals surface area contributed by atoms with Crippen molar-refractivity contribution < 1.29 is 13.2 Å². The number of anilines is 2. The predicted octanol–water partition coefficient (Wildman–Crippen LogP) is 2.33. The Balaban J connectivity index is 1.82. The van der Waals surface area contributed by atoms with E-state index in [1.165, 1.54) is 0 Å². The highest BCUT2D eigenvalue weighted by molar-refractivity contribution is 5.92. The van der Waals surface area contributed by atoms with Gasteiger partial charge in [-0.05, 0) is 18.2 Å². The first-order valence-corrected chi connectivity index (χ1v) is 6.71. The zero-order chi connectivity index (χ0) is 16.7. The molecular weight excluding hydrogens is 309 g/mol. The SMILES string of the molecule is NC(=NCCNc1nccc(C(F)(F)F)n1)Nc1ccccc1. The highest BCUT2D eigenvalue weighted by atomic mass is 19.4. The van der Waals surface area contributed by atoms with Crippen LogP contribution < -0.4 is 16.4 Å². The van der Waals surface area contributed by atoms with Gasteiger partial charge in [0.1, 0.15) is 5.69 Å².